The van der Waals surface area contributed by atoms with Crippen LogP contribution < -0.4 is 0 Å². The molecular weight excluding hydrogens is 352 g/mol. The van der Waals surface area contributed by atoms with Gasteiger partial charge in [-0.05, 0) is 44.9 Å². The highest BCUT2D eigenvalue weighted by atomic mass is 32.2. The monoisotopic (exact) mass is 378 g/mol. The number of ether oxygens (including phenoxy) is 1. The number of hydrogen-bond acceptors (Lipinski definition) is 4. The number of rotatable bonds is 3. The fraction of sp³-hybridized carbons (Fsp3) is 0.526. The van der Waals surface area contributed by atoms with Crippen LogP contribution in [-0.2, 0) is 14.8 Å². The van der Waals surface area contributed by atoms with E-state index in [-0.39, 0.29) is 16.9 Å². The highest BCUT2D eigenvalue weighted by Crippen LogP contribution is 2.22. The van der Waals surface area contributed by atoms with Crippen molar-refractivity contribution >= 4 is 15.9 Å². The van der Waals surface area contributed by atoms with Crippen molar-refractivity contribution < 1.29 is 17.9 Å². The molecule has 0 saturated carbocycles. The third-order valence-corrected chi connectivity index (χ3v) is 6.72. The second-order valence-electron chi connectivity index (χ2n) is 6.98. The van der Waals surface area contributed by atoms with Gasteiger partial charge in [0.1, 0.15) is 0 Å². The van der Waals surface area contributed by atoms with Gasteiger partial charge in [-0.15, -0.1) is 0 Å². The SMILES string of the molecule is CC1=CCN(S(=O)(=O)c2cccc(C(=O)N3CCCOC(C)C3)c2)CC1. The summed E-state index contributed by atoms with van der Waals surface area (Å²) >= 11 is 0. The van der Waals surface area contributed by atoms with E-state index in [0.717, 1.165) is 12.8 Å². The van der Waals surface area contributed by atoms with Crippen LogP contribution in [0.15, 0.2) is 40.8 Å². The molecule has 2 heterocycles. The molecule has 0 bridgehead atoms. The lowest BCUT2D eigenvalue weighted by Crippen LogP contribution is -2.36. The Balaban J connectivity index is 1.82. The van der Waals surface area contributed by atoms with Gasteiger partial charge in [0.25, 0.3) is 5.91 Å². The van der Waals surface area contributed by atoms with E-state index >= 15 is 0 Å². The van der Waals surface area contributed by atoms with Gasteiger partial charge in [-0.1, -0.05) is 17.7 Å². The Morgan fingerprint density at radius 3 is 2.81 bits per heavy atom. The first-order chi connectivity index (χ1) is 12.4. The van der Waals surface area contributed by atoms with Gasteiger partial charge in [0.15, 0.2) is 0 Å². The van der Waals surface area contributed by atoms with Gasteiger partial charge in [0.05, 0.1) is 11.0 Å². The fourth-order valence-electron chi connectivity index (χ4n) is 3.27. The first-order valence-corrected chi connectivity index (χ1v) is 10.5. The molecular formula is C19H26N2O4S. The molecule has 2 aliphatic heterocycles. The first-order valence-electron chi connectivity index (χ1n) is 9.04. The second kappa shape index (κ2) is 7.90. The summed E-state index contributed by atoms with van der Waals surface area (Å²) in [6.45, 7) is 6.59. The molecule has 0 N–H and O–H groups in total. The second-order valence-corrected chi connectivity index (χ2v) is 8.92. The molecule has 6 nitrogen and oxygen atoms in total. The zero-order chi connectivity index (χ0) is 18.7. The Labute approximate surface area is 155 Å². The van der Waals surface area contributed by atoms with Crippen molar-refractivity contribution in [1.29, 1.82) is 0 Å². The third kappa shape index (κ3) is 4.16. The Morgan fingerprint density at radius 2 is 2.08 bits per heavy atom. The lowest BCUT2D eigenvalue weighted by atomic mass is 10.1. The van der Waals surface area contributed by atoms with Gasteiger partial charge < -0.3 is 9.64 Å². The summed E-state index contributed by atoms with van der Waals surface area (Å²) in [4.78, 5) is 14.8. The predicted molar refractivity (Wildman–Crippen MR) is 99.5 cm³/mol. The van der Waals surface area contributed by atoms with Crippen LogP contribution in [0.1, 0.15) is 37.0 Å². The summed E-state index contributed by atoms with van der Waals surface area (Å²) < 4.78 is 32.9. The van der Waals surface area contributed by atoms with E-state index in [1.165, 1.54) is 15.9 Å². The Morgan fingerprint density at radius 1 is 1.27 bits per heavy atom. The topological polar surface area (TPSA) is 66.9 Å². The van der Waals surface area contributed by atoms with Crippen molar-refractivity contribution in [2.24, 2.45) is 0 Å². The minimum atomic E-state index is -3.60. The molecule has 0 radical (unpaired) electrons. The largest absolute Gasteiger partial charge is 0.377 e. The molecule has 0 aliphatic carbocycles. The molecule has 142 valence electrons. The van der Waals surface area contributed by atoms with Crippen LogP contribution in [0.5, 0.6) is 0 Å². The summed E-state index contributed by atoms with van der Waals surface area (Å²) in [6, 6.07) is 6.38. The molecule has 0 aromatic heterocycles. The number of hydrogen-bond donors (Lipinski definition) is 0. The maximum Gasteiger partial charge on any atom is 0.253 e. The van der Waals surface area contributed by atoms with Gasteiger partial charge >= 0.3 is 0 Å². The first kappa shape index (κ1) is 19.1. The number of benzene rings is 1. The number of nitrogens with zero attached hydrogens (tertiary/aromatic N) is 2. The van der Waals surface area contributed by atoms with E-state index in [0.29, 0.717) is 38.3 Å². The van der Waals surface area contributed by atoms with Gasteiger partial charge in [0, 0.05) is 38.3 Å². The van der Waals surface area contributed by atoms with Gasteiger partial charge in [-0.3, -0.25) is 4.79 Å². The molecule has 26 heavy (non-hydrogen) atoms. The van der Waals surface area contributed by atoms with Crippen LogP contribution in [0.25, 0.3) is 0 Å². The minimum Gasteiger partial charge on any atom is -0.377 e. The molecule has 1 fully saturated rings. The van der Waals surface area contributed by atoms with Crippen LogP contribution in [0.4, 0.5) is 0 Å². The molecule has 1 amide bonds. The average molecular weight is 378 g/mol. The van der Waals surface area contributed by atoms with Crippen molar-refractivity contribution in [3.05, 3.63) is 41.5 Å². The molecule has 1 atom stereocenters. The summed E-state index contributed by atoms with van der Waals surface area (Å²) in [7, 11) is -3.60. The third-order valence-electron chi connectivity index (χ3n) is 4.86. The van der Waals surface area contributed by atoms with Crippen molar-refractivity contribution in [3.8, 4) is 0 Å². The number of amides is 1. The molecule has 1 saturated heterocycles. The quantitative estimate of drug-likeness (QED) is 0.757. The highest BCUT2D eigenvalue weighted by Gasteiger charge is 2.27. The van der Waals surface area contributed by atoms with E-state index in [4.69, 9.17) is 4.74 Å². The molecule has 3 rings (SSSR count). The van der Waals surface area contributed by atoms with Crippen molar-refractivity contribution in [2.75, 3.05) is 32.8 Å². The lowest BCUT2D eigenvalue weighted by Gasteiger charge is -2.25. The summed E-state index contributed by atoms with van der Waals surface area (Å²) in [5, 5.41) is 0. The lowest BCUT2D eigenvalue weighted by molar-refractivity contribution is 0.0562. The molecule has 0 spiro atoms. The van der Waals surface area contributed by atoms with Crippen molar-refractivity contribution in [3.63, 3.8) is 0 Å². The van der Waals surface area contributed by atoms with E-state index in [1.54, 1.807) is 23.1 Å². The number of carbonyl (C=O) groups excluding carboxylic acids is 1. The van der Waals surface area contributed by atoms with E-state index in [2.05, 4.69) is 0 Å². The summed E-state index contributed by atoms with van der Waals surface area (Å²) in [5.74, 6) is -0.145. The van der Waals surface area contributed by atoms with Gasteiger partial charge in [-0.25, -0.2) is 8.42 Å². The number of carbonyl (C=O) groups is 1. The molecule has 7 heteroatoms. The van der Waals surface area contributed by atoms with E-state index in [9.17, 15) is 13.2 Å². The van der Waals surface area contributed by atoms with Crippen LogP contribution >= 0.6 is 0 Å². The van der Waals surface area contributed by atoms with E-state index in [1.807, 2.05) is 19.9 Å². The normalized spacial score (nSPS) is 22.6. The highest BCUT2D eigenvalue weighted by molar-refractivity contribution is 7.89. The fourth-order valence-corrected chi connectivity index (χ4v) is 4.70. The summed E-state index contributed by atoms with van der Waals surface area (Å²) in [5.41, 5.74) is 1.61. The summed E-state index contributed by atoms with van der Waals surface area (Å²) in [6.07, 6.45) is 3.45. The number of sulfonamides is 1. The van der Waals surface area contributed by atoms with Crippen LogP contribution in [0.2, 0.25) is 0 Å². The molecule has 1 unspecified atom stereocenters. The Hall–Kier alpha value is -1.70. The predicted octanol–water partition coefficient (Wildman–Crippen LogP) is 2.28. The Bertz CT molecular complexity index is 804. The van der Waals surface area contributed by atoms with Crippen LogP contribution in [0.3, 0.4) is 0 Å². The molecule has 1 aromatic carbocycles. The maximum atomic E-state index is 12.9. The van der Waals surface area contributed by atoms with Gasteiger partial charge in [0.2, 0.25) is 10.0 Å². The van der Waals surface area contributed by atoms with Crippen molar-refractivity contribution in [1.82, 2.24) is 9.21 Å². The maximum absolute atomic E-state index is 12.9. The zero-order valence-electron chi connectivity index (χ0n) is 15.3. The standard InChI is InChI=1S/C19H26N2O4S/c1-15-7-10-21(11-8-15)26(23,24)18-6-3-5-17(13-18)19(22)20-9-4-12-25-16(2)14-20/h3,5-7,13,16H,4,8-12,14H2,1-2H3. The Kier molecular flexibility index (Phi) is 5.79. The average Bonchev–Trinajstić information content (AvgIpc) is 2.86. The van der Waals surface area contributed by atoms with Gasteiger partial charge in [-0.2, -0.15) is 4.31 Å². The smallest absolute Gasteiger partial charge is 0.253 e. The van der Waals surface area contributed by atoms with E-state index < -0.39 is 10.0 Å². The van der Waals surface area contributed by atoms with Crippen molar-refractivity contribution in [2.45, 2.75) is 37.7 Å². The molecule has 1 aromatic rings. The minimum absolute atomic E-state index is 0.0169. The zero-order valence-corrected chi connectivity index (χ0v) is 16.2. The molecule has 2 aliphatic rings. The van der Waals surface area contributed by atoms with Crippen LogP contribution in [-0.4, -0.2) is 62.4 Å². The van der Waals surface area contributed by atoms with Crippen LogP contribution in [0, 0.1) is 0 Å².